The molecule has 2 fully saturated rings. The lowest BCUT2D eigenvalue weighted by Gasteiger charge is -2.34. The predicted octanol–water partition coefficient (Wildman–Crippen LogP) is 3.85. The normalized spacial score (nSPS) is 30.5. The van der Waals surface area contributed by atoms with Gasteiger partial charge < -0.3 is 5.32 Å². The van der Waals surface area contributed by atoms with Crippen molar-refractivity contribution >= 4 is 23.0 Å². The second-order valence-corrected chi connectivity index (χ2v) is 7.74. The van der Waals surface area contributed by atoms with Crippen LogP contribution in [0.25, 0.3) is 0 Å². The maximum atomic E-state index is 5.34. The van der Waals surface area contributed by atoms with E-state index in [1.807, 2.05) is 18.2 Å². The van der Waals surface area contributed by atoms with Crippen LogP contribution in [0, 0.1) is 16.7 Å². The molecule has 1 aromatic carbocycles. The van der Waals surface area contributed by atoms with Crippen LogP contribution in [-0.4, -0.2) is 10.8 Å². The quantitative estimate of drug-likeness (QED) is 0.657. The van der Waals surface area contributed by atoms with Gasteiger partial charge in [-0.2, -0.15) is 5.10 Å². The fraction of sp³-hybridized carbons (Fsp3) is 0.556. The van der Waals surface area contributed by atoms with E-state index in [9.17, 15) is 0 Å². The summed E-state index contributed by atoms with van der Waals surface area (Å²) in [5, 5.41) is 8.46. The van der Waals surface area contributed by atoms with Gasteiger partial charge in [-0.3, -0.25) is 5.43 Å². The zero-order valence-electron chi connectivity index (χ0n) is 13.6. The van der Waals surface area contributed by atoms with E-state index in [2.05, 4.69) is 48.7 Å². The fourth-order valence-corrected chi connectivity index (χ4v) is 4.15. The average Bonchev–Trinajstić information content (AvgIpc) is 2.85. The van der Waals surface area contributed by atoms with Crippen molar-refractivity contribution in [1.82, 2.24) is 10.7 Å². The van der Waals surface area contributed by atoms with Crippen molar-refractivity contribution in [1.29, 1.82) is 0 Å². The number of hydrogen-bond acceptors (Lipinski definition) is 2. The van der Waals surface area contributed by atoms with Crippen molar-refractivity contribution in [2.75, 3.05) is 0 Å². The molecule has 2 aliphatic rings. The molecule has 0 aromatic heterocycles. The van der Waals surface area contributed by atoms with Crippen molar-refractivity contribution in [3.05, 3.63) is 35.9 Å². The van der Waals surface area contributed by atoms with E-state index < -0.39 is 0 Å². The van der Waals surface area contributed by atoms with E-state index >= 15 is 0 Å². The average molecular weight is 315 g/mol. The first kappa shape index (κ1) is 15.5. The van der Waals surface area contributed by atoms with Gasteiger partial charge in [0.25, 0.3) is 0 Å². The van der Waals surface area contributed by atoms with Gasteiger partial charge in [-0.1, -0.05) is 51.1 Å². The molecule has 22 heavy (non-hydrogen) atoms. The Labute approximate surface area is 138 Å². The van der Waals surface area contributed by atoms with Crippen molar-refractivity contribution in [2.24, 2.45) is 21.8 Å². The molecule has 2 N–H and O–H groups in total. The summed E-state index contributed by atoms with van der Waals surface area (Å²) in [4.78, 5) is 0. The van der Waals surface area contributed by atoms with E-state index in [0.29, 0.717) is 10.5 Å². The smallest absolute Gasteiger partial charge is 0.187 e. The summed E-state index contributed by atoms with van der Waals surface area (Å²) in [5.41, 5.74) is 6.13. The summed E-state index contributed by atoms with van der Waals surface area (Å²) in [6.45, 7) is 7.86. The molecule has 0 unspecified atom stereocenters. The van der Waals surface area contributed by atoms with Crippen LogP contribution in [0.4, 0.5) is 0 Å². The molecule has 0 spiro atoms. The van der Waals surface area contributed by atoms with Crippen LogP contribution in [0.5, 0.6) is 0 Å². The van der Waals surface area contributed by atoms with Crippen LogP contribution < -0.4 is 10.7 Å². The van der Waals surface area contributed by atoms with Crippen LogP contribution >= 0.6 is 12.2 Å². The number of benzene rings is 1. The molecule has 0 radical (unpaired) electrons. The maximum absolute atomic E-state index is 5.34. The van der Waals surface area contributed by atoms with Crippen molar-refractivity contribution in [3.8, 4) is 0 Å². The highest BCUT2D eigenvalue weighted by Gasteiger charge is 2.59. The Balaban J connectivity index is 1.57. The molecular weight excluding hydrogens is 290 g/mol. The SMILES string of the molecule is CC1(C)[C@H]2CC[C@]1(C)/C(=N/NC(=S)NCc1ccccc1)C2. The molecule has 118 valence electrons. The third-order valence-corrected chi connectivity index (χ3v) is 6.34. The third-order valence-electron chi connectivity index (χ3n) is 6.10. The second-order valence-electron chi connectivity index (χ2n) is 7.33. The van der Waals surface area contributed by atoms with Gasteiger partial charge in [-0.25, -0.2) is 0 Å². The molecule has 2 atom stereocenters. The Bertz CT molecular complexity index is 594. The Hall–Kier alpha value is -1.42. The topological polar surface area (TPSA) is 36.4 Å². The van der Waals surface area contributed by atoms with E-state index in [-0.39, 0.29) is 5.41 Å². The highest BCUT2D eigenvalue weighted by molar-refractivity contribution is 7.80. The number of rotatable bonds is 3. The van der Waals surface area contributed by atoms with Gasteiger partial charge in [-0.15, -0.1) is 0 Å². The second kappa shape index (κ2) is 5.65. The zero-order chi connectivity index (χ0) is 15.8. The number of nitrogens with zero attached hydrogens (tertiary/aromatic N) is 1. The first-order valence-electron chi connectivity index (χ1n) is 8.08. The highest BCUT2D eigenvalue weighted by atomic mass is 32.1. The van der Waals surface area contributed by atoms with Crippen LogP contribution in [0.15, 0.2) is 35.4 Å². The summed E-state index contributed by atoms with van der Waals surface area (Å²) < 4.78 is 0. The van der Waals surface area contributed by atoms with E-state index in [0.717, 1.165) is 18.9 Å². The summed E-state index contributed by atoms with van der Waals surface area (Å²) >= 11 is 5.34. The maximum Gasteiger partial charge on any atom is 0.187 e. The number of hydrogen-bond donors (Lipinski definition) is 2. The molecule has 2 bridgehead atoms. The Morgan fingerprint density at radius 3 is 2.59 bits per heavy atom. The van der Waals surface area contributed by atoms with E-state index in [1.165, 1.54) is 24.1 Å². The number of nitrogens with one attached hydrogen (secondary N) is 2. The third kappa shape index (κ3) is 2.54. The Kier molecular flexibility index (Phi) is 3.98. The number of thiocarbonyl (C=S) groups is 1. The first-order chi connectivity index (χ1) is 10.4. The largest absolute Gasteiger partial charge is 0.357 e. The summed E-state index contributed by atoms with van der Waals surface area (Å²) in [5.74, 6) is 0.767. The molecule has 2 aliphatic carbocycles. The molecule has 1 aromatic rings. The summed E-state index contributed by atoms with van der Waals surface area (Å²) in [6, 6.07) is 10.3. The minimum absolute atomic E-state index is 0.222. The molecule has 3 rings (SSSR count). The number of fused-ring (bicyclic) bond motifs is 2. The van der Waals surface area contributed by atoms with Gasteiger partial charge in [0.15, 0.2) is 5.11 Å². The Morgan fingerprint density at radius 2 is 2.00 bits per heavy atom. The molecule has 0 amide bonds. The molecule has 3 nitrogen and oxygen atoms in total. The monoisotopic (exact) mass is 315 g/mol. The first-order valence-corrected chi connectivity index (χ1v) is 8.49. The summed E-state index contributed by atoms with van der Waals surface area (Å²) in [7, 11) is 0. The van der Waals surface area contributed by atoms with Crippen LogP contribution in [0.3, 0.4) is 0 Å². The molecule has 0 aliphatic heterocycles. The lowest BCUT2D eigenvalue weighted by Crippen LogP contribution is -2.36. The van der Waals surface area contributed by atoms with Crippen molar-refractivity contribution < 1.29 is 0 Å². The predicted molar refractivity (Wildman–Crippen MR) is 95.7 cm³/mol. The van der Waals surface area contributed by atoms with Gasteiger partial charge >= 0.3 is 0 Å². The zero-order valence-corrected chi connectivity index (χ0v) is 14.5. The Morgan fingerprint density at radius 1 is 1.27 bits per heavy atom. The summed E-state index contributed by atoms with van der Waals surface area (Å²) in [6.07, 6.45) is 3.69. The number of hydrazone groups is 1. The van der Waals surface area contributed by atoms with E-state index in [4.69, 9.17) is 12.2 Å². The fourth-order valence-electron chi connectivity index (χ4n) is 4.03. The lowest BCUT2D eigenvalue weighted by atomic mass is 9.70. The van der Waals surface area contributed by atoms with Crippen LogP contribution in [0.2, 0.25) is 0 Å². The van der Waals surface area contributed by atoms with Gasteiger partial charge in [0.2, 0.25) is 0 Å². The van der Waals surface area contributed by atoms with Gasteiger partial charge in [0, 0.05) is 17.7 Å². The van der Waals surface area contributed by atoms with Gasteiger partial charge in [0.1, 0.15) is 0 Å². The van der Waals surface area contributed by atoms with Crippen molar-refractivity contribution in [3.63, 3.8) is 0 Å². The van der Waals surface area contributed by atoms with Gasteiger partial charge in [-0.05, 0) is 48.4 Å². The van der Waals surface area contributed by atoms with Crippen LogP contribution in [0.1, 0.15) is 45.6 Å². The van der Waals surface area contributed by atoms with E-state index in [1.54, 1.807) is 0 Å². The molecule has 0 saturated heterocycles. The standard InChI is InChI=1S/C18H25N3S/c1-17(2)14-9-10-18(17,3)15(11-14)20-21-16(22)19-12-13-7-5-4-6-8-13/h4-8,14H,9-12H2,1-3H3,(H2,19,21,22)/b20-15+/t14-,18+/m0/s1. The molecular formula is C18H25N3S. The lowest BCUT2D eigenvalue weighted by molar-refractivity contribution is 0.193. The highest BCUT2D eigenvalue weighted by Crippen LogP contribution is 2.63. The minimum atomic E-state index is 0.222. The van der Waals surface area contributed by atoms with Crippen LogP contribution in [-0.2, 0) is 6.54 Å². The van der Waals surface area contributed by atoms with Gasteiger partial charge in [0.05, 0.1) is 0 Å². The molecule has 4 heteroatoms. The van der Waals surface area contributed by atoms with Crippen molar-refractivity contribution in [2.45, 2.75) is 46.6 Å². The molecule has 0 heterocycles. The minimum Gasteiger partial charge on any atom is -0.357 e. The molecule has 2 saturated carbocycles.